The molecule has 0 unspecified atom stereocenters. The van der Waals surface area contributed by atoms with Crippen molar-refractivity contribution < 1.29 is 0 Å². The summed E-state index contributed by atoms with van der Waals surface area (Å²) >= 11 is 0. The Labute approximate surface area is 95.2 Å². The maximum Gasteiger partial charge on any atom is 0.0649 e. The van der Waals surface area contributed by atoms with E-state index < -0.39 is 0 Å². The molecule has 0 aliphatic rings. The van der Waals surface area contributed by atoms with Crippen molar-refractivity contribution in [3.8, 4) is 5.69 Å². The molecule has 0 spiro atoms. The normalized spacial score (nSPS) is 11.1. The first-order valence-corrected chi connectivity index (χ1v) is 5.29. The van der Waals surface area contributed by atoms with Crippen molar-refractivity contribution in [1.29, 1.82) is 0 Å². The first-order chi connectivity index (χ1) is 7.81. The Balaban J connectivity index is 2.26. The lowest BCUT2D eigenvalue weighted by molar-refractivity contribution is 0.847. The van der Waals surface area contributed by atoms with Crippen LogP contribution in [-0.2, 0) is 0 Å². The van der Waals surface area contributed by atoms with Crippen molar-refractivity contribution in [3.63, 3.8) is 0 Å². The van der Waals surface area contributed by atoms with Crippen LogP contribution in [0.25, 0.3) is 11.8 Å². The van der Waals surface area contributed by atoms with Crippen molar-refractivity contribution in [2.75, 3.05) is 6.54 Å². The lowest BCUT2D eigenvalue weighted by Crippen LogP contribution is -1.97. The summed E-state index contributed by atoms with van der Waals surface area (Å²) in [6.07, 6.45) is 5.76. The first-order valence-electron chi connectivity index (χ1n) is 5.29. The molecule has 1 aromatic carbocycles. The third kappa shape index (κ3) is 2.20. The van der Waals surface area contributed by atoms with Gasteiger partial charge in [0, 0.05) is 18.4 Å². The number of rotatable bonds is 3. The summed E-state index contributed by atoms with van der Waals surface area (Å²) in [6.45, 7) is 2.61. The molecular weight excluding hydrogens is 198 g/mol. The molecule has 0 radical (unpaired) electrons. The number of nitrogens with two attached hydrogens (primary N) is 1. The second-order valence-electron chi connectivity index (χ2n) is 3.61. The molecule has 0 saturated carbocycles. The molecule has 16 heavy (non-hydrogen) atoms. The first kappa shape index (κ1) is 10.6. The van der Waals surface area contributed by atoms with Crippen LogP contribution in [-0.4, -0.2) is 16.3 Å². The van der Waals surface area contributed by atoms with Gasteiger partial charge in [0.15, 0.2) is 0 Å². The smallest absolute Gasteiger partial charge is 0.0649 e. The van der Waals surface area contributed by atoms with Crippen LogP contribution in [0.3, 0.4) is 0 Å². The standard InChI is InChI=1S/C13H15N3/c1-11-8-10-15-16(11)13-6-4-12(5-7-13)3-2-9-14/h2-8,10H,9,14H2,1H3/b3-2+. The minimum absolute atomic E-state index is 0.569. The molecule has 0 atom stereocenters. The van der Waals surface area contributed by atoms with Crippen LogP contribution in [0.2, 0.25) is 0 Å². The zero-order chi connectivity index (χ0) is 11.4. The predicted octanol–water partition coefficient (Wildman–Crippen LogP) is 2.15. The van der Waals surface area contributed by atoms with Gasteiger partial charge in [0.25, 0.3) is 0 Å². The van der Waals surface area contributed by atoms with Gasteiger partial charge < -0.3 is 5.73 Å². The van der Waals surface area contributed by atoms with E-state index in [1.54, 1.807) is 6.20 Å². The quantitative estimate of drug-likeness (QED) is 0.849. The molecule has 0 amide bonds. The Hall–Kier alpha value is -1.87. The van der Waals surface area contributed by atoms with E-state index in [2.05, 4.69) is 29.4 Å². The Morgan fingerprint density at radius 1 is 1.25 bits per heavy atom. The fraction of sp³-hybridized carbons (Fsp3) is 0.154. The Morgan fingerprint density at radius 2 is 2.00 bits per heavy atom. The third-order valence-electron chi connectivity index (χ3n) is 2.42. The Bertz CT molecular complexity index is 480. The SMILES string of the molecule is Cc1ccnn1-c1ccc(/C=C/CN)cc1. The second kappa shape index (κ2) is 4.77. The molecule has 1 aromatic heterocycles. The van der Waals surface area contributed by atoms with Crippen LogP contribution < -0.4 is 5.73 Å². The number of aryl methyl sites for hydroxylation is 1. The van der Waals surface area contributed by atoms with E-state index in [0.717, 1.165) is 16.9 Å². The van der Waals surface area contributed by atoms with Crippen LogP contribution >= 0.6 is 0 Å². The van der Waals surface area contributed by atoms with Gasteiger partial charge in [-0.15, -0.1) is 0 Å². The highest BCUT2D eigenvalue weighted by atomic mass is 15.3. The number of hydrogen-bond donors (Lipinski definition) is 1. The van der Waals surface area contributed by atoms with E-state index in [1.807, 2.05) is 29.8 Å². The molecule has 3 nitrogen and oxygen atoms in total. The van der Waals surface area contributed by atoms with Crippen LogP contribution in [0.15, 0.2) is 42.6 Å². The Kier molecular flexibility index (Phi) is 3.17. The van der Waals surface area contributed by atoms with E-state index in [-0.39, 0.29) is 0 Å². The molecular formula is C13H15N3. The fourth-order valence-electron chi connectivity index (χ4n) is 1.57. The summed E-state index contributed by atoms with van der Waals surface area (Å²) in [6, 6.07) is 10.2. The van der Waals surface area contributed by atoms with E-state index in [4.69, 9.17) is 5.73 Å². The molecule has 2 N–H and O–H groups in total. The van der Waals surface area contributed by atoms with Gasteiger partial charge in [-0.2, -0.15) is 5.10 Å². The van der Waals surface area contributed by atoms with Crippen molar-refractivity contribution >= 4 is 6.08 Å². The van der Waals surface area contributed by atoms with Gasteiger partial charge in [-0.05, 0) is 30.7 Å². The predicted molar refractivity (Wildman–Crippen MR) is 66.4 cm³/mol. The largest absolute Gasteiger partial charge is 0.327 e. The van der Waals surface area contributed by atoms with Crippen molar-refractivity contribution in [1.82, 2.24) is 9.78 Å². The molecule has 0 aliphatic carbocycles. The van der Waals surface area contributed by atoms with Gasteiger partial charge in [0.2, 0.25) is 0 Å². The van der Waals surface area contributed by atoms with Gasteiger partial charge in [0.1, 0.15) is 0 Å². The number of aromatic nitrogens is 2. The summed E-state index contributed by atoms with van der Waals surface area (Å²) in [5, 5.41) is 4.26. The average Bonchev–Trinajstić information content (AvgIpc) is 2.74. The molecule has 1 heterocycles. The fourth-order valence-corrected chi connectivity index (χ4v) is 1.57. The second-order valence-corrected chi connectivity index (χ2v) is 3.61. The van der Waals surface area contributed by atoms with Crippen LogP contribution in [0.4, 0.5) is 0 Å². The van der Waals surface area contributed by atoms with Crippen molar-refractivity contribution in [2.24, 2.45) is 5.73 Å². The molecule has 3 heteroatoms. The highest BCUT2D eigenvalue weighted by Gasteiger charge is 1.99. The van der Waals surface area contributed by atoms with Gasteiger partial charge in [-0.25, -0.2) is 4.68 Å². The molecule has 0 fully saturated rings. The lowest BCUT2D eigenvalue weighted by Gasteiger charge is -2.04. The van der Waals surface area contributed by atoms with Crippen molar-refractivity contribution in [2.45, 2.75) is 6.92 Å². The zero-order valence-corrected chi connectivity index (χ0v) is 9.30. The monoisotopic (exact) mass is 213 g/mol. The average molecular weight is 213 g/mol. The maximum atomic E-state index is 5.40. The van der Waals surface area contributed by atoms with Gasteiger partial charge >= 0.3 is 0 Å². The molecule has 82 valence electrons. The minimum Gasteiger partial charge on any atom is -0.327 e. The van der Waals surface area contributed by atoms with E-state index in [9.17, 15) is 0 Å². The lowest BCUT2D eigenvalue weighted by atomic mass is 10.2. The number of nitrogens with zero attached hydrogens (tertiary/aromatic N) is 2. The highest BCUT2D eigenvalue weighted by Crippen LogP contribution is 2.11. The van der Waals surface area contributed by atoms with Gasteiger partial charge in [0.05, 0.1) is 5.69 Å². The molecule has 0 aliphatic heterocycles. The van der Waals surface area contributed by atoms with E-state index >= 15 is 0 Å². The van der Waals surface area contributed by atoms with Crippen LogP contribution in [0, 0.1) is 6.92 Å². The van der Waals surface area contributed by atoms with E-state index in [0.29, 0.717) is 6.54 Å². The number of benzene rings is 1. The van der Waals surface area contributed by atoms with Gasteiger partial charge in [-0.1, -0.05) is 24.3 Å². The molecule has 2 rings (SSSR count). The summed E-state index contributed by atoms with van der Waals surface area (Å²) < 4.78 is 1.91. The number of hydrogen-bond acceptors (Lipinski definition) is 2. The minimum atomic E-state index is 0.569. The van der Waals surface area contributed by atoms with Crippen LogP contribution in [0.5, 0.6) is 0 Å². The van der Waals surface area contributed by atoms with Crippen LogP contribution in [0.1, 0.15) is 11.3 Å². The molecule has 0 saturated heterocycles. The summed E-state index contributed by atoms with van der Waals surface area (Å²) in [5.74, 6) is 0. The summed E-state index contributed by atoms with van der Waals surface area (Å²) in [7, 11) is 0. The molecule has 2 aromatic rings. The van der Waals surface area contributed by atoms with E-state index in [1.165, 1.54) is 0 Å². The third-order valence-corrected chi connectivity index (χ3v) is 2.42. The topological polar surface area (TPSA) is 43.8 Å². The Morgan fingerprint density at radius 3 is 2.56 bits per heavy atom. The summed E-state index contributed by atoms with van der Waals surface area (Å²) in [5.41, 5.74) is 8.76. The van der Waals surface area contributed by atoms with Crippen molar-refractivity contribution in [3.05, 3.63) is 53.9 Å². The summed E-state index contributed by atoms with van der Waals surface area (Å²) in [4.78, 5) is 0. The zero-order valence-electron chi connectivity index (χ0n) is 9.30. The highest BCUT2D eigenvalue weighted by molar-refractivity contribution is 5.51. The maximum absolute atomic E-state index is 5.40. The molecule has 0 bridgehead atoms. The van der Waals surface area contributed by atoms with Gasteiger partial charge in [-0.3, -0.25) is 0 Å².